The van der Waals surface area contributed by atoms with E-state index in [0.717, 1.165) is 22.3 Å². The molecule has 34 heavy (non-hydrogen) atoms. The molecule has 170 valence electrons. The van der Waals surface area contributed by atoms with E-state index in [9.17, 15) is 9.59 Å². The van der Waals surface area contributed by atoms with E-state index >= 15 is 0 Å². The Morgan fingerprint density at radius 3 is 1.09 bits per heavy atom. The van der Waals surface area contributed by atoms with Crippen molar-refractivity contribution in [1.29, 1.82) is 0 Å². The highest BCUT2D eigenvalue weighted by atomic mass is 16.6. The summed E-state index contributed by atoms with van der Waals surface area (Å²) in [7, 11) is 0. The minimum Gasteiger partial charge on any atom is -0.449 e. The van der Waals surface area contributed by atoms with E-state index in [-0.39, 0.29) is 0 Å². The van der Waals surface area contributed by atoms with Crippen molar-refractivity contribution in [3.8, 4) is 0 Å². The predicted molar refractivity (Wildman–Crippen MR) is 131 cm³/mol. The molecule has 4 heteroatoms. The van der Waals surface area contributed by atoms with E-state index in [0.29, 0.717) is 12.8 Å². The highest BCUT2D eigenvalue weighted by Crippen LogP contribution is 2.25. The number of ether oxygens (including phenoxy) is 2. The quantitative estimate of drug-likeness (QED) is 0.243. The summed E-state index contributed by atoms with van der Waals surface area (Å²) in [6.07, 6.45) is -0.299. The van der Waals surface area contributed by atoms with Crippen molar-refractivity contribution < 1.29 is 19.1 Å². The zero-order valence-corrected chi connectivity index (χ0v) is 18.7. The van der Waals surface area contributed by atoms with E-state index in [1.54, 1.807) is 0 Å². The van der Waals surface area contributed by atoms with Gasteiger partial charge in [0.1, 0.15) is 12.2 Å². The molecular weight excluding hydrogens is 424 g/mol. The van der Waals surface area contributed by atoms with Crippen LogP contribution in [0.4, 0.5) is 0 Å². The van der Waals surface area contributed by atoms with E-state index in [1.165, 1.54) is 0 Å². The van der Waals surface area contributed by atoms with E-state index in [2.05, 4.69) is 0 Å². The van der Waals surface area contributed by atoms with Gasteiger partial charge in [-0.3, -0.25) is 0 Å². The zero-order valence-electron chi connectivity index (χ0n) is 18.7. The first-order chi connectivity index (χ1) is 16.7. The average molecular weight is 451 g/mol. The van der Waals surface area contributed by atoms with Crippen LogP contribution in [0.15, 0.2) is 121 Å². The van der Waals surface area contributed by atoms with Gasteiger partial charge in [-0.15, -0.1) is 0 Å². The monoisotopic (exact) mass is 450 g/mol. The Morgan fingerprint density at radius 2 is 0.765 bits per heavy atom. The van der Waals surface area contributed by atoms with Crippen molar-refractivity contribution in [3.05, 3.63) is 144 Å². The molecule has 0 aromatic heterocycles. The highest BCUT2D eigenvalue weighted by molar-refractivity contribution is 6.29. The summed E-state index contributed by atoms with van der Waals surface area (Å²) in [4.78, 5) is 25.7. The molecular formula is C30H26O4. The van der Waals surface area contributed by atoms with Gasteiger partial charge in [-0.25, -0.2) is 9.59 Å². The topological polar surface area (TPSA) is 52.6 Å². The molecule has 0 N–H and O–H groups in total. The molecule has 0 aliphatic carbocycles. The van der Waals surface area contributed by atoms with Crippen molar-refractivity contribution in [3.63, 3.8) is 0 Å². The fourth-order valence-electron chi connectivity index (χ4n) is 3.80. The average Bonchev–Trinajstić information content (AvgIpc) is 2.90. The second kappa shape index (κ2) is 11.6. The Balaban J connectivity index is 1.49. The van der Waals surface area contributed by atoms with Crippen LogP contribution in [-0.2, 0) is 31.9 Å². The van der Waals surface area contributed by atoms with Crippen LogP contribution in [0.5, 0.6) is 0 Å². The number of hydrogen-bond donors (Lipinski definition) is 0. The molecule has 0 saturated heterocycles. The number of carbonyl (C=O) groups is 2. The van der Waals surface area contributed by atoms with Crippen LogP contribution >= 0.6 is 0 Å². The first-order valence-electron chi connectivity index (χ1n) is 11.3. The molecule has 4 aromatic rings. The fourth-order valence-corrected chi connectivity index (χ4v) is 3.80. The lowest BCUT2D eigenvalue weighted by Crippen LogP contribution is -2.26. The SMILES string of the molecule is O=C(OC(Cc1ccccc1)c1ccccc1)C(=O)OC(Cc1ccccc1)c1ccccc1. The van der Waals surface area contributed by atoms with Gasteiger partial charge in [0, 0.05) is 12.8 Å². The van der Waals surface area contributed by atoms with Gasteiger partial charge in [0.2, 0.25) is 0 Å². The number of benzene rings is 4. The third-order valence-electron chi connectivity index (χ3n) is 5.54. The molecule has 0 aliphatic rings. The lowest BCUT2D eigenvalue weighted by Gasteiger charge is -2.21. The second-order valence-corrected chi connectivity index (χ2v) is 7.99. The fraction of sp³-hybridized carbons (Fsp3) is 0.133. The minimum atomic E-state index is -1.00. The van der Waals surface area contributed by atoms with Gasteiger partial charge in [0.15, 0.2) is 0 Å². The molecule has 0 radical (unpaired) electrons. The minimum absolute atomic E-state index is 0.454. The predicted octanol–water partition coefficient (Wildman–Crippen LogP) is 6.04. The third kappa shape index (κ3) is 6.42. The van der Waals surface area contributed by atoms with Crippen molar-refractivity contribution in [2.24, 2.45) is 0 Å². The Labute approximate surface area is 199 Å². The Bertz CT molecular complexity index is 1080. The summed E-state index contributed by atoms with van der Waals surface area (Å²) in [6, 6.07) is 38.3. The first kappa shape index (κ1) is 23.0. The number of esters is 2. The van der Waals surface area contributed by atoms with Gasteiger partial charge in [-0.05, 0) is 22.3 Å². The van der Waals surface area contributed by atoms with Crippen molar-refractivity contribution in [1.82, 2.24) is 0 Å². The van der Waals surface area contributed by atoms with Gasteiger partial charge in [0.05, 0.1) is 0 Å². The summed E-state index contributed by atoms with van der Waals surface area (Å²) in [6.45, 7) is 0. The molecule has 0 spiro atoms. The summed E-state index contributed by atoms with van der Waals surface area (Å²) in [5.41, 5.74) is 3.64. The van der Waals surface area contributed by atoms with Crippen molar-refractivity contribution in [2.75, 3.05) is 0 Å². The molecule has 4 aromatic carbocycles. The van der Waals surface area contributed by atoms with Crippen LogP contribution < -0.4 is 0 Å². The summed E-state index contributed by atoms with van der Waals surface area (Å²) in [5.74, 6) is -2.00. The van der Waals surface area contributed by atoms with Crippen LogP contribution in [-0.4, -0.2) is 11.9 Å². The van der Waals surface area contributed by atoms with Gasteiger partial charge in [-0.1, -0.05) is 121 Å². The first-order valence-corrected chi connectivity index (χ1v) is 11.3. The Hall–Kier alpha value is -4.18. The summed E-state index contributed by atoms with van der Waals surface area (Å²) in [5, 5.41) is 0. The standard InChI is InChI=1S/C30H26O4/c31-29(33-27(25-17-9-3-10-18-25)21-23-13-5-1-6-14-23)30(32)34-28(26-19-11-4-12-20-26)22-24-15-7-2-8-16-24/h1-20,27-28H,21-22H2. The van der Waals surface area contributed by atoms with Crippen molar-refractivity contribution in [2.45, 2.75) is 25.0 Å². The van der Waals surface area contributed by atoms with Crippen LogP contribution in [0.2, 0.25) is 0 Å². The zero-order chi connectivity index (χ0) is 23.6. The number of rotatable bonds is 8. The third-order valence-corrected chi connectivity index (χ3v) is 5.54. The highest BCUT2D eigenvalue weighted by Gasteiger charge is 2.27. The summed E-state index contributed by atoms with van der Waals surface area (Å²) < 4.78 is 11.4. The smallest absolute Gasteiger partial charge is 0.418 e. The normalized spacial score (nSPS) is 12.4. The Kier molecular flexibility index (Phi) is 7.86. The Morgan fingerprint density at radius 1 is 0.471 bits per heavy atom. The van der Waals surface area contributed by atoms with Gasteiger partial charge >= 0.3 is 11.9 Å². The molecule has 4 nitrogen and oxygen atoms in total. The van der Waals surface area contributed by atoms with Crippen LogP contribution in [0, 0.1) is 0 Å². The van der Waals surface area contributed by atoms with E-state index in [1.807, 2.05) is 121 Å². The van der Waals surface area contributed by atoms with Gasteiger partial charge in [0.25, 0.3) is 0 Å². The van der Waals surface area contributed by atoms with Crippen molar-refractivity contribution >= 4 is 11.9 Å². The van der Waals surface area contributed by atoms with Crippen LogP contribution in [0.1, 0.15) is 34.5 Å². The molecule has 0 amide bonds. The summed E-state index contributed by atoms with van der Waals surface area (Å²) >= 11 is 0. The molecule has 0 saturated carbocycles. The molecule has 0 fully saturated rings. The lowest BCUT2D eigenvalue weighted by atomic mass is 10.0. The molecule has 2 unspecified atom stereocenters. The largest absolute Gasteiger partial charge is 0.449 e. The maximum atomic E-state index is 12.8. The second-order valence-electron chi connectivity index (χ2n) is 7.99. The molecule has 4 rings (SSSR count). The number of carbonyl (C=O) groups excluding carboxylic acids is 2. The van der Waals surface area contributed by atoms with Crippen LogP contribution in [0.3, 0.4) is 0 Å². The van der Waals surface area contributed by atoms with Gasteiger partial charge < -0.3 is 9.47 Å². The molecule has 0 aliphatic heterocycles. The van der Waals surface area contributed by atoms with Gasteiger partial charge in [-0.2, -0.15) is 0 Å². The molecule has 2 atom stereocenters. The maximum Gasteiger partial charge on any atom is 0.418 e. The van der Waals surface area contributed by atoms with Crippen LogP contribution in [0.25, 0.3) is 0 Å². The number of hydrogen-bond acceptors (Lipinski definition) is 4. The van der Waals surface area contributed by atoms with E-state index in [4.69, 9.17) is 9.47 Å². The molecule has 0 heterocycles. The van der Waals surface area contributed by atoms with E-state index < -0.39 is 24.1 Å². The maximum absolute atomic E-state index is 12.8. The lowest BCUT2D eigenvalue weighted by molar-refractivity contribution is -0.174. The molecule has 0 bridgehead atoms.